The van der Waals surface area contributed by atoms with Gasteiger partial charge in [-0.05, 0) is 48.0 Å². The van der Waals surface area contributed by atoms with Gasteiger partial charge in [-0.3, -0.25) is 9.59 Å². The highest BCUT2D eigenvalue weighted by atomic mass is 16.5. The fourth-order valence-corrected chi connectivity index (χ4v) is 3.18. The molecule has 10 nitrogen and oxygen atoms in total. The third-order valence-corrected chi connectivity index (χ3v) is 4.69. The summed E-state index contributed by atoms with van der Waals surface area (Å²) in [6.07, 6.45) is 2.00. The van der Waals surface area contributed by atoms with Crippen LogP contribution in [0.2, 0.25) is 0 Å². The van der Waals surface area contributed by atoms with Gasteiger partial charge < -0.3 is 20.3 Å². The van der Waals surface area contributed by atoms with Gasteiger partial charge in [0.2, 0.25) is 5.82 Å². The van der Waals surface area contributed by atoms with E-state index < -0.39 is 5.91 Å². The minimum atomic E-state index is -0.733. The van der Waals surface area contributed by atoms with Crippen molar-refractivity contribution in [1.82, 2.24) is 20.2 Å². The molecule has 10 heteroatoms. The van der Waals surface area contributed by atoms with E-state index in [0.717, 1.165) is 6.42 Å². The molecule has 0 radical (unpaired) electrons. The van der Waals surface area contributed by atoms with Gasteiger partial charge >= 0.3 is 0 Å². The van der Waals surface area contributed by atoms with Crippen molar-refractivity contribution in [2.24, 2.45) is 5.73 Å². The normalized spacial score (nSPS) is 10.7. The Morgan fingerprint density at radius 1 is 1.16 bits per heavy atom. The number of tetrazole rings is 1. The molecule has 0 fully saturated rings. The maximum Gasteiger partial charge on any atom is 0.288 e. The van der Waals surface area contributed by atoms with Crippen LogP contribution in [0.25, 0.3) is 5.69 Å². The average molecular weight is 439 g/mol. The first kappa shape index (κ1) is 22.7. The Labute approximate surface area is 184 Å². The molecule has 1 heterocycles. The molecule has 0 spiro atoms. The molecule has 3 N–H and O–H groups in total. The van der Waals surface area contributed by atoms with Gasteiger partial charge in [-0.25, -0.2) is 0 Å². The molecular weight excluding hydrogens is 414 g/mol. The molecule has 0 aliphatic rings. The summed E-state index contributed by atoms with van der Waals surface area (Å²) in [5.74, 6) is 0.132. The van der Waals surface area contributed by atoms with Crippen LogP contribution in [0.15, 0.2) is 36.4 Å². The quantitative estimate of drug-likeness (QED) is 0.343. The molecule has 3 aromatic rings. The molecular formula is C22H25N5O5. The van der Waals surface area contributed by atoms with Gasteiger partial charge in [0.15, 0.2) is 5.78 Å². The number of rotatable bonds is 11. The first-order valence-electron chi connectivity index (χ1n) is 10.2. The summed E-state index contributed by atoms with van der Waals surface area (Å²) in [6, 6.07) is 10.2. The number of carbonyl (C=O) groups is 2. The Morgan fingerprint density at radius 2 is 1.94 bits per heavy atom. The standard InChI is InChI=1S/C22H25N5O5/c1-3-6-18-19(10-9-17(14(2)28)20(18)29)32-12-5-11-31-16-8-4-7-15(13-16)27-22(21(23)30)24-25-26-27/h4,7-10,13,29H,3,5-6,11-12H2,1-2H3,(H2,23,30). The second-order valence-electron chi connectivity index (χ2n) is 7.07. The van der Waals surface area contributed by atoms with Gasteiger partial charge in [0.25, 0.3) is 5.91 Å². The summed E-state index contributed by atoms with van der Waals surface area (Å²) in [5.41, 5.74) is 6.76. The van der Waals surface area contributed by atoms with Crippen LogP contribution in [0.3, 0.4) is 0 Å². The van der Waals surface area contributed by atoms with Crippen LogP contribution in [0, 0.1) is 0 Å². The van der Waals surface area contributed by atoms with Crippen molar-refractivity contribution in [3.05, 3.63) is 53.3 Å². The minimum absolute atomic E-state index is 0.0113. The van der Waals surface area contributed by atoms with Crippen LogP contribution in [0.4, 0.5) is 0 Å². The van der Waals surface area contributed by atoms with Crippen LogP contribution < -0.4 is 15.2 Å². The fraction of sp³-hybridized carbons (Fsp3) is 0.318. The van der Waals surface area contributed by atoms with Gasteiger partial charge in [-0.2, -0.15) is 4.68 Å². The molecule has 0 aliphatic heterocycles. The van der Waals surface area contributed by atoms with Crippen molar-refractivity contribution in [3.63, 3.8) is 0 Å². The number of nitrogens with two attached hydrogens (primary N) is 1. The van der Waals surface area contributed by atoms with Crippen molar-refractivity contribution in [2.75, 3.05) is 13.2 Å². The molecule has 32 heavy (non-hydrogen) atoms. The largest absolute Gasteiger partial charge is 0.507 e. The van der Waals surface area contributed by atoms with E-state index in [0.29, 0.717) is 54.4 Å². The topological polar surface area (TPSA) is 142 Å². The summed E-state index contributed by atoms with van der Waals surface area (Å²) in [6.45, 7) is 4.16. The Bertz CT molecular complexity index is 1110. The van der Waals surface area contributed by atoms with E-state index in [4.69, 9.17) is 15.2 Å². The van der Waals surface area contributed by atoms with E-state index in [1.807, 2.05) is 6.92 Å². The number of Topliss-reactive ketones (excluding diaryl/α,β-unsaturated/α-hetero) is 1. The molecule has 0 unspecified atom stereocenters. The Morgan fingerprint density at radius 3 is 2.66 bits per heavy atom. The Hall–Kier alpha value is -3.95. The number of carbonyl (C=O) groups excluding carboxylic acids is 2. The molecule has 0 saturated heterocycles. The lowest BCUT2D eigenvalue weighted by Crippen LogP contribution is -2.18. The number of ketones is 1. The lowest BCUT2D eigenvalue weighted by atomic mass is 10.0. The first-order valence-corrected chi connectivity index (χ1v) is 10.2. The fourth-order valence-electron chi connectivity index (χ4n) is 3.18. The zero-order chi connectivity index (χ0) is 23.1. The molecule has 3 rings (SSSR count). The van der Waals surface area contributed by atoms with E-state index in [9.17, 15) is 14.7 Å². The monoisotopic (exact) mass is 439 g/mol. The summed E-state index contributed by atoms with van der Waals surface area (Å²) < 4.78 is 12.8. The molecule has 2 aromatic carbocycles. The number of aromatic nitrogens is 4. The highest BCUT2D eigenvalue weighted by Crippen LogP contribution is 2.33. The summed E-state index contributed by atoms with van der Waals surface area (Å²) in [4.78, 5) is 23.1. The zero-order valence-electron chi connectivity index (χ0n) is 17.9. The van der Waals surface area contributed by atoms with E-state index >= 15 is 0 Å². The highest BCUT2D eigenvalue weighted by molar-refractivity contribution is 5.97. The Balaban J connectivity index is 1.57. The average Bonchev–Trinajstić information content (AvgIpc) is 3.26. The van der Waals surface area contributed by atoms with E-state index in [-0.39, 0.29) is 17.4 Å². The second-order valence-corrected chi connectivity index (χ2v) is 7.07. The second kappa shape index (κ2) is 10.4. The number of hydrogen-bond acceptors (Lipinski definition) is 8. The van der Waals surface area contributed by atoms with Gasteiger partial charge in [0.1, 0.15) is 17.2 Å². The SMILES string of the molecule is CCCc1c(OCCCOc2cccc(-n3nnnc3C(N)=O)c2)ccc(C(C)=O)c1O. The maximum absolute atomic E-state index is 11.7. The molecule has 0 saturated carbocycles. The van der Waals surface area contributed by atoms with Gasteiger partial charge in [0, 0.05) is 18.1 Å². The number of phenolic OH excluding ortho intramolecular Hbond substituents is 1. The van der Waals surface area contributed by atoms with E-state index in [1.54, 1.807) is 36.4 Å². The van der Waals surface area contributed by atoms with E-state index in [1.165, 1.54) is 11.6 Å². The van der Waals surface area contributed by atoms with Crippen LogP contribution in [-0.2, 0) is 6.42 Å². The number of amides is 1. The number of nitrogens with zero attached hydrogens (tertiary/aromatic N) is 4. The molecule has 168 valence electrons. The lowest BCUT2D eigenvalue weighted by Gasteiger charge is -2.15. The minimum Gasteiger partial charge on any atom is -0.507 e. The van der Waals surface area contributed by atoms with Crippen LogP contribution >= 0.6 is 0 Å². The van der Waals surface area contributed by atoms with Crippen LogP contribution in [0.1, 0.15) is 53.2 Å². The highest BCUT2D eigenvalue weighted by Gasteiger charge is 2.16. The zero-order valence-corrected chi connectivity index (χ0v) is 17.9. The number of ether oxygens (including phenoxy) is 2. The maximum atomic E-state index is 11.7. The van der Waals surface area contributed by atoms with Crippen LogP contribution in [-0.4, -0.2) is 50.2 Å². The smallest absolute Gasteiger partial charge is 0.288 e. The predicted octanol–water partition coefficient (Wildman–Crippen LogP) is 2.47. The van der Waals surface area contributed by atoms with Crippen molar-refractivity contribution in [2.45, 2.75) is 33.1 Å². The Kier molecular flexibility index (Phi) is 7.37. The van der Waals surface area contributed by atoms with Crippen molar-refractivity contribution >= 4 is 11.7 Å². The van der Waals surface area contributed by atoms with Crippen molar-refractivity contribution < 1.29 is 24.2 Å². The lowest BCUT2D eigenvalue weighted by molar-refractivity contribution is 0.0985. The summed E-state index contributed by atoms with van der Waals surface area (Å²) in [5, 5.41) is 21.3. The van der Waals surface area contributed by atoms with Gasteiger partial charge in [-0.15, -0.1) is 5.10 Å². The number of phenols is 1. The summed E-state index contributed by atoms with van der Waals surface area (Å²) >= 11 is 0. The third kappa shape index (κ3) is 5.20. The number of primary amides is 1. The number of hydrogen-bond donors (Lipinski definition) is 2. The first-order chi connectivity index (χ1) is 15.4. The number of aromatic hydroxyl groups is 1. The molecule has 0 bridgehead atoms. The molecule has 1 amide bonds. The van der Waals surface area contributed by atoms with Gasteiger partial charge in [-0.1, -0.05) is 19.4 Å². The van der Waals surface area contributed by atoms with Crippen molar-refractivity contribution in [1.29, 1.82) is 0 Å². The van der Waals surface area contributed by atoms with Crippen LogP contribution in [0.5, 0.6) is 17.2 Å². The molecule has 0 atom stereocenters. The summed E-state index contributed by atoms with van der Waals surface area (Å²) in [7, 11) is 0. The number of benzene rings is 2. The predicted molar refractivity (Wildman–Crippen MR) is 115 cm³/mol. The van der Waals surface area contributed by atoms with Crippen molar-refractivity contribution in [3.8, 4) is 22.9 Å². The van der Waals surface area contributed by atoms with Gasteiger partial charge in [0.05, 0.1) is 24.5 Å². The third-order valence-electron chi connectivity index (χ3n) is 4.69. The molecule has 0 aliphatic carbocycles. The van der Waals surface area contributed by atoms with E-state index in [2.05, 4.69) is 15.5 Å². The molecule has 1 aromatic heterocycles.